The number of fused-ring (bicyclic) bond motifs is 2. The Bertz CT molecular complexity index is 878. The van der Waals surface area contributed by atoms with Crippen LogP contribution in [0.25, 0.3) is 0 Å². The minimum Gasteiger partial charge on any atom is -0.332 e. The highest BCUT2D eigenvalue weighted by atomic mass is 16.2. The van der Waals surface area contributed by atoms with Crippen LogP contribution in [0.2, 0.25) is 0 Å². The van der Waals surface area contributed by atoms with Crippen LogP contribution in [0.3, 0.4) is 0 Å². The Balaban J connectivity index is 1.49. The molecule has 2 aliphatic rings. The minimum atomic E-state index is -0.413. The van der Waals surface area contributed by atoms with Gasteiger partial charge in [-0.3, -0.25) is 9.59 Å². The summed E-state index contributed by atoms with van der Waals surface area (Å²) >= 11 is 0. The van der Waals surface area contributed by atoms with Crippen molar-refractivity contribution in [2.45, 2.75) is 45.7 Å². The molecule has 0 bridgehead atoms. The molecule has 0 spiro atoms. The molecule has 2 aromatic rings. The van der Waals surface area contributed by atoms with E-state index in [1.54, 1.807) is 4.90 Å². The van der Waals surface area contributed by atoms with Gasteiger partial charge in [0.2, 0.25) is 11.8 Å². The molecule has 2 aliphatic heterocycles. The van der Waals surface area contributed by atoms with Crippen molar-refractivity contribution in [1.82, 2.24) is 14.9 Å². The van der Waals surface area contributed by atoms with E-state index in [-0.39, 0.29) is 18.2 Å². The highest BCUT2D eigenvalue weighted by Gasteiger charge is 2.35. The molecular weight excluding hydrogens is 316 g/mol. The Morgan fingerprint density at radius 2 is 2.20 bits per heavy atom. The molecular formula is C19H20N4O2. The lowest BCUT2D eigenvalue weighted by molar-refractivity contribution is -0.134. The summed E-state index contributed by atoms with van der Waals surface area (Å²) in [5.74, 6) is 0.264. The van der Waals surface area contributed by atoms with Crippen molar-refractivity contribution >= 4 is 17.5 Å². The van der Waals surface area contributed by atoms with E-state index in [4.69, 9.17) is 0 Å². The summed E-state index contributed by atoms with van der Waals surface area (Å²) in [6.45, 7) is 5.02. The van der Waals surface area contributed by atoms with E-state index in [1.165, 1.54) is 0 Å². The SMILES string of the molecule is CCc1ncc2c(n1)CN(C(=O)CC1C(=O)Nc3cc(C)ccc31)C2. The number of aryl methyl sites for hydroxylation is 2. The molecule has 6 heteroatoms. The van der Waals surface area contributed by atoms with Gasteiger partial charge in [-0.05, 0) is 24.1 Å². The standard InChI is InChI=1S/C19H20N4O2/c1-3-17-20-8-12-9-23(10-16(12)21-17)18(24)7-14-13-5-4-11(2)6-15(13)22-19(14)25/h4-6,8,14H,3,7,9-10H2,1-2H3,(H,22,25). The number of carbonyl (C=O) groups excluding carboxylic acids is 2. The Labute approximate surface area is 146 Å². The van der Waals surface area contributed by atoms with E-state index in [0.717, 1.165) is 40.3 Å². The van der Waals surface area contributed by atoms with E-state index < -0.39 is 5.92 Å². The molecule has 0 aliphatic carbocycles. The third-order valence-corrected chi connectivity index (χ3v) is 4.91. The van der Waals surface area contributed by atoms with Crippen molar-refractivity contribution in [2.75, 3.05) is 5.32 Å². The molecule has 1 unspecified atom stereocenters. The summed E-state index contributed by atoms with van der Waals surface area (Å²) in [6.07, 6.45) is 2.78. The number of benzene rings is 1. The van der Waals surface area contributed by atoms with Crippen LogP contribution in [0.1, 0.15) is 47.5 Å². The fourth-order valence-electron chi connectivity index (χ4n) is 3.49. The second-order valence-electron chi connectivity index (χ2n) is 6.70. The summed E-state index contributed by atoms with van der Waals surface area (Å²) in [4.78, 5) is 35.6. The van der Waals surface area contributed by atoms with E-state index in [9.17, 15) is 9.59 Å². The molecule has 0 fully saturated rings. The van der Waals surface area contributed by atoms with Crippen molar-refractivity contribution in [3.63, 3.8) is 0 Å². The van der Waals surface area contributed by atoms with Crippen molar-refractivity contribution in [3.8, 4) is 0 Å². The first kappa shape index (κ1) is 15.7. The number of anilines is 1. The van der Waals surface area contributed by atoms with Crippen LogP contribution in [0, 0.1) is 6.92 Å². The Morgan fingerprint density at radius 1 is 1.36 bits per heavy atom. The molecule has 1 aromatic heterocycles. The van der Waals surface area contributed by atoms with Crippen LogP contribution in [-0.4, -0.2) is 26.7 Å². The number of hydrogen-bond donors (Lipinski definition) is 1. The van der Waals surface area contributed by atoms with Gasteiger partial charge in [0.05, 0.1) is 18.2 Å². The molecule has 4 rings (SSSR count). The quantitative estimate of drug-likeness (QED) is 0.933. The van der Waals surface area contributed by atoms with Gasteiger partial charge in [0.25, 0.3) is 0 Å². The molecule has 6 nitrogen and oxygen atoms in total. The van der Waals surface area contributed by atoms with Gasteiger partial charge < -0.3 is 10.2 Å². The van der Waals surface area contributed by atoms with Crippen molar-refractivity contribution < 1.29 is 9.59 Å². The maximum Gasteiger partial charge on any atom is 0.232 e. The average molecular weight is 336 g/mol. The van der Waals surface area contributed by atoms with Gasteiger partial charge in [-0.15, -0.1) is 0 Å². The van der Waals surface area contributed by atoms with Crippen LogP contribution in [0.5, 0.6) is 0 Å². The number of carbonyl (C=O) groups is 2. The number of nitrogens with zero attached hydrogens (tertiary/aromatic N) is 3. The lowest BCUT2D eigenvalue weighted by atomic mass is 9.96. The number of rotatable bonds is 3. The van der Waals surface area contributed by atoms with Crippen LogP contribution in [0.4, 0.5) is 5.69 Å². The highest BCUT2D eigenvalue weighted by molar-refractivity contribution is 6.05. The minimum absolute atomic E-state index is 0.0235. The Morgan fingerprint density at radius 3 is 3.00 bits per heavy atom. The van der Waals surface area contributed by atoms with Crippen molar-refractivity contribution in [2.24, 2.45) is 0 Å². The van der Waals surface area contributed by atoms with Gasteiger partial charge in [-0.25, -0.2) is 9.97 Å². The monoisotopic (exact) mass is 336 g/mol. The van der Waals surface area contributed by atoms with Gasteiger partial charge in [0.1, 0.15) is 5.82 Å². The van der Waals surface area contributed by atoms with E-state index in [1.807, 2.05) is 38.2 Å². The topological polar surface area (TPSA) is 75.2 Å². The van der Waals surface area contributed by atoms with Gasteiger partial charge in [-0.1, -0.05) is 19.1 Å². The third-order valence-electron chi connectivity index (χ3n) is 4.91. The molecule has 0 saturated carbocycles. The second kappa shape index (κ2) is 5.95. The van der Waals surface area contributed by atoms with Gasteiger partial charge in [0.15, 0.2) is 0 Å². The first-order valence-corrected chi connectivity index (χ1v) is 8.58. The first-order chi connectivity index (χ1) is 12.0. The fourth-order valence-corrected chi connectivity index (χ4v) is 3.49. The van der Waals surface area contributed by atoms with Crippen molar-refractivity contribution in [3.05, 3.63) is 52.6 Å². The molecule has 0 saturated heterocycles. The Kier molecular flexibility index (Phi) is 3.75. The molecule has 128 valence electrons. The predicted octanol–water partition coefficient (Wildman–Crippen LogP) is 2.32. The van der Waals surface area contributed by atoms with Crippen LogP contribution >= 0.6 is 0 Å². The molecule has 2 amide bonds. The van der Waals surface area contributed by atoms with Gasteiger partial charge >= 0.3 is 0 Å². The van der Waals surface area contributed by atoms with Crippen LogP contribution in [-0.2, 0) is 29.1 Å². The fraction of sp³-hybridized carbons (Fsp3) is 0.368. The van der Waals surface area contributed by atoms with Crippen molar-refractivity contribution in [1.29, 1.82) is 0 Å². The average Bonchev–Trinajstić information content (AvgIpc) is 3.15. The lowest BCUT2D eigenvalue weighted by Crippen LogP contribution is -2.28. The summed E-state index contributed by atoms with van der Waals surface area (Å²) in [5.41, 5.74) is 4.75. The highest BCUT2D eigenvalue weighted by Crippen LogP contribution is 2.36. The zero-order chi connectivity index (χ0) is 17.6. The lowest BCUT2D eigenvalue weighted by Gasteiger charge is -2.17. The molecule has 1 N–H and O–H groups in total. The summed E-state index contributed by atoms with van der Waals surface area (Å²) in [5, 5.41) is 2.88. The summed E-state index contributed by atoms with van der Waals surface area (Å²) in [7, 11) is 0. The van der Waals surface area contributed by atoms with E-state index in [2.05, 4.69) is 15.3 Å². The smallest absolute Gasteiger partial charge is 0.232 e. The zero-order valence-electron chi connectivity index (χ0n) is 14.4. The Hall–Kier alpha value is -2.76. The zero-order valence-corrected chi connectivity index (χ0v) is 14.4. The van der Waals surface area contributed by atoms with E-state index >= 15 is 0 Å². The van der Waals surface area contributed by atoms with Gasteiger partial charge in [-0.2, -0.15) is 0 Å². The maximum atomic E-state index is 12.7. The largest absolute Gasteiger partial charge is 0.332 e. The molecule has 3 heterocycles. The van der Waals surface area contributed by atoms with Crippen LogP contribution < -0.4 is 5.32 Å². The molecule has 25 heavy (non-hydrogen) atoms. The number of amides is 2. The molecule has 0 radical (unpaired) electrons. The summed E-state index contributed by atoms with van der Waals surface area (Å²) < 4.78 is 0. The third kappa shape index (κ3) is 2.77. The number of nitrogens with one attached hydrogen (secondary N) is 1. The van der Waals surface area contributed by atoms with E-state index in [0.29, 0.717) is 13.1 Å². The predicted molar refractivity (Wildman–Crippen MR) is 92.8 cm³/mol. The first-order valence-electron chi connectivity index (χ1n) is 8.58. The summed E-state index contributed by atoms with van der Waals surface area (Å²) in [6, 6.07) is 5.87. The van der Waals surface area contributed by atoms with Crippen LogP contribution in [0.15, 0.2) is 24.4 Å². The molecule has 1 atom stereocenters. The second-order valence-corrected chi connectivity index (χ2v) is 6.70. The maximum absolute atomic E-state index is 12.7. The van der Waals surface area contributed by atoms with Gasteiger partial charge in [0, 0.05) is 36.8 Å². The number of hydrogen-bond acceptors (Lipinski definition) is 4. The normalized spacial score (nSPS) is 18.1. The molecule has 1 aromatic carbocycles. The number of aromatic nitrogens is 2.